The number of benzene rings is 2. The number of nitrogens with one attached hydrogen (secondary N) is 1. The molecule has 0 atom stereocenters. The summed E-state index contributed by atoms with van der Waals surface area (Å²) in [7, 11) is 0. The van der Waals surface area contributed by atoms with Crippen LogP contribution < -0.4 is 5.32 Å². The minimum Gasteiger partial charge on any atom is -0.322 e. The number of aryl methyl sites for hydroxylation is 1. The number of carbonyl (C=O) groups excluding carboxylic acids is 1. The first-order chi connectivity index (χ1) is 8.56. The van der Waals surface area contributed by atoms with Gasteiger partial charge in [0.2, 0.25) is 0 Å². The van der Waals surface area contributed by atoms with Crippen molar-refractivity contribution in [1.82, 2.24) is 0 Å². The molecule has 0 aromatic heterocycles. The Hall–Kier alpha value is -1.45. The Morgan fingerprint density at radius 1 is 1.22 bits per heavy atom. The van der Waals surface area contributed by atoms with Crippen LogP contribution in [0.5, 0.6) is 0 Å². The van der Waals surface area contributed by atoms with E-state index < -0.39 is 0 Å². The predicted molar refractivity (Wildman–Crippen MR) is 77.8 cm³/mol. The van der Waals surface area contributed by atoms with Gasteiger partial charge in [-0.3, -0.25) is 4.79 Å². The van der Waals surface area contributed by atoms with E-state index in [1.807, 2.05) is 25.1 Å². The van der Waals surface area contributed by atoms with Crippen molar-refractivity contribution in [3.05, 3.63) is 58.6 Å². The highest BCUT2D eigenvalue weighted by Crippen LogP contribution is 2.20. The van der Waals surface area contributed by atoms with Gasteiger partial charge in [0, 0.05) is 21.2 Å². The zero-order chi connectivity index (χ0) is 13.1. The molecule has 0 aliphatic heterocycles. The van der Waals surface area contributed by atoms with Crippen LogP contribution in [0.3, 0.4) is 0 Å². The molecular weight excluding hydrogens is 266 g/mol. The van der Waals surface area contributed by atoms with E-state index in [0.29, 0.717) is 16.3 Å². The van der Waals surface area contributed by atoms with E-state index in [9.17, 15) is 4.79 Å². The topological polar surface area (TPSA) is 29.1 Å². The maximum Gasteiger partial charge on any atom is 0.255 e. The van der Waals surface area contributed by atoms with Crippen molar-refractivity contribution >= 4 is 35.8 Å². The molecule has 2 nitrogen and oxygen atoms in total. The molecule has 2 aromatic carbocycles. The van der Waals surface area contributed by atoms with E-state index >= 15 is 0 Å². The largest absolute Gasteiger partial charge is 0.322 e. The summed E-state index contributed by atoms with van der Waals surface area (Å²) in [5, 5.41) is 3.43. The number of hydrogen-bond acceptors (Lipinski definition) is 2. The highest BCUT2D eigenvalue weighted by molar-refractivity contribution is 7.80. The summed E-state index contributed by atoms with van der Waals surface area (Å²) >= 11 is 10.2. The Morgan fingerprint density at radius 3 is 2.67 bits per heavy atom. The molecule has 2 rings (SSSR count). The van der Waals surface area contributed by atoms with Crippen LogP contribution in [0.15, 0.2) is 47.4 Å². The fourth-order valence-electron chi connectivity index (χ4n) is 1.52. The van der Waals surface area contributed by atoms with Gasteiger partial charge in [0.15, 0.2) is 0 Å². The molecule has 92 valence electrons. The van der Waals surface area contributed by atoms with Gasteiger partial charge in [-0.25, -0.2) is 0 Å². The molecular formula is C14H12ClNOS. The number of halogens is 1. The molecule has 0 saturated heterocycles. The third kappa shape index (κ3) is 3.06. The van der Waals surface area contributed by atoms with Crippen molar-refractivity contribution in [2.24, 2.45) is 0 Å². The quantitative estimate of drug-likeness (QED) is 0.792. The van der Waals surface area contributed by atoms with Crippen LogP contribution in [0.4, 0.5) is 5.69 Å². The molecule has 1 amide bonds. The lowest BCUT2D eigenvalue weighted by atomic mass is 10.2. The van der Waals surface area contributed by atoms with E-state index in [-0.39, 0.29) is 5.91 Å². The molecule has 4 heteroatoms. The number of anilines is 1. The van der Waals surface area contributed by atoms with Crippen LogP contribution in [0, 0.1) is 6.92 Å². The average molecular weight is 278 g/mol. The summed E-state index contributed by atoms with van der Waals surface area (Å²) < 4.78 is 0. The monoisotopic (exact) mass is 277 g/mol. The first kappa shape index (κ1) is 13.0. The smallest absolute Gasteiger partial charge is 0.255 e. The maximum atomic E-state index is 12.0. The number of hydrogen-bond donors (Lipinski definition) is 2. The third-order valence-electron chi connectivity index (χ3n) is 2.54. The highest BCUT2D eigenvalue weighted by Gasteiger charge is 2.06. The van der Waals surface area contributed by atoms with Gasteiger partial charge in [-0.2, -0.15) is 0 Å². The Balaban J connectivity index is 2.18. The fraction of sp³-hybridized carbons (Fsp3) is 0.0714. The van der Waals surface area contributed by atoms with Gasteiger partial charge >= 0.3 is 0 Å². The second-order valence-electron chi connectivity index (χ2n) is 3.97. The van der Waals surface area contributed by atoms with Crippen molar-refractivity contribution in [1.29, 1.82) is 0 Å². The molecule has 0 fully saturated rings. The zero-order valence-electron chi connectivity index (χ0n) is 9.77. The summed E-state index contributed by atoms with van der Waals surface area (Å²) in [6, 6.07) is 12.5. The van der Waals surface area contributed by atoms with Crippen LogP contribution in [0.25, 0.3) is 0 Å². The van der Waals surface area contributed by atoms with Crippen LogP contribution in [-0.2, 0) is 0 Å². The molecule has 1 N–H and O–H groups in total. The van der Waals surface area contributed by atoms with Gasteiger partial charge in [0.05, 0.1) is 0 Å². The van der Waals surface area contributed by atoms with E-state index in [1.54, 1.807) is 24.3 Å². The van der Waals surface area contributed by atoms with Gasteiger partial charge in [-0.05, 0) is 42.8 Å². The van der Waals surface area contributed by atoms with Crippen LogP contribution in [0.2, 0.25) is 5.02 Å². The lowest BCUT2D eigenvalue weighted by Crippen LogP contribution is -2.11. The molecule has 0 aliphatic rings. The maximum absolute atomic E-state index is 12.0. The van der Waals surface area contributed by atoms with Crippen LogP contribution in [-0.4, -0.2) is 5.91 Å². The van der Waals surface area contributed by atoms with E-state index in [1.165, 1.54) is 0 Å². The minimum absolute atomic E-state index is 0.175. The Kier molecular flexibility index (Phi) is 3.94. The van der Waals surface area contributed by atoms with Crippen LogP contribution in [0.1, 0.15) is 15.9 Å². The molecule has 0 radical (unpaired) electrons. The van der Waals surface area contributed by atoms with Crippen molar-refractivity contribution in [3.63, 3.8) is 0 Å². The zero-order valence-corrected chi connectivity index (χ0v) is 11.4. The molecule has 0 heterocycles. The average Bonchev–Trinajstić information content (AvgIpc) is 2.34. The first-order valence-corrected chi connectivity index (χ1v) is 6.25. The van der Waals surface area contributed by atoms with Crippen molar-refractivity contribution in [2.45, 2.75) is 11.8 Å². The van der Waals surface area contributed by atoms with Gasteiger partial charge < -0.3 is 5.32 Å². The van der Waals surface area contributed by atoms with Crippen molar-refractivity contribution in [2.75, 3.05) is 5.32 Å². The molecule has 0 spiro atoms. The van der Waals surface area contributed by atoms with Crippen molar-refractivity contribution in [3.8, 4) is 0 Å². The third-order valence-corrected chi connectivity index (χ3v) is 3.22. The van der Waals surface area contributed by atoms with Gasteiger partial charge in [-0.15, -0.1) is 12.6 Å². The van der Waals surface area contributed by atoms with E-state index in [4.69, 9.17) is 11.6 Å². The van der Waals surface area contributed by atoms with E-state index in [2.05, 4.69) is 17.9 Å². The number of amides is 1. The second kappa shape index (κ2) is 5.46. The number of rotatable bonds is 2. The molecule has 0 saturated carbocycles. The summed E-state index contributed by atoms with van der Waals surface area (Å²) in [6.07, 6.45) is 0. The number of thiol groups is 1. The first-order valence-electron chi connectivity index (χ1n) is 5.43. The Labute approximate surface area is 116 Å². The molecule has 2 aromatic rings. The Morgan fingerprint density at radius 2 is 2.00 bits per heavy atom. The second-order valence-corrected chi connectivity index (χ2v) is 4.89. The lowest BCUT2D eigenvalue weighted by Gasteiger charge is -2.07. The molecule has 0 aliphatic carbocycles. The minimum atomic E-state index is -0.175. The highest BCUT2D eigenvalue weighted by atomic mass is 35.5. The summed E-state index contributed by atoms with van der Waals surface area (Å²) in [4.78, 5) is 12.7. The summed E-state index contributed by atoms with van der Waals surface area (Å²) in [5.41, 5.74) is 2.23. The fourth-order valence-corrected chi connectivity index (χ4v) is 1.93. The van der Waals surface area contributed by atoms with Crippen molar-refractivity contribution < 1.29 is 4.79 Å². The normalized spacial score (nSPS) is 10.2. The van der Waals surface area contributed by atoms with Gasteiger partial charge in [0.25, 0.3) is 5.91 Å². The molecule has 0 bridgehead atoms. The standard InChI is InChI=1S/C14H12ClNOS/c1-9-5-6-11(8-13(9)15)16-14(17)10-3-2-4-12(18)7-10/h2-8,18H,1H3,(H,16,17). The van der Waals surface area contributed by atoms with Gasteiger partial charge in [0.1, 0.15) is 0 Å². The molecule has 18 heavy (non-hydrogen) atoms. The van der Waals surface area contributed by atoms with E-state index in [0.717, 1.165) is 10.5 Å². The molecule has 0 unspecified atom stereocenters. The van der Waals surface area contributed by atoms with Gasteiger partial charge in [-0.1, -0.05) is 23.7 Å². The predicted octanol–water partition coefficient (Wildman–Crippen LogP) is 4.19. The van der Waals surface area contributed by atoms with Crippen LogP contribution >= 0.6 is 24.2 Å². The number of carbonyl (C=O) groups is 1. The Bertz CT molecular complexity index is 598. The summed E-state index contributed by atoms with van der Waals surface area (Å²) in [5.74, 6) is -0.175. The summed E-state index contributed by atoms with van der Waals surface area (Å²) in [6.45, 7) is 1.91. The SMILES string of the molecule is Cc1ccc(NC(=O)c2cccc(S)c2)cc1Cl. The lowest BCUT2D eigenvalue weighted by molar-refractivity contribution is 0.102.